The fraction of sp³-hybridized carbons (Fsp3) is 0.429. The fourth-order valence-corrected chi connectivity index (χ4v) is 4.00. The number of piperidine rings is 1. The van der Waals surface area contributed by atoms with Crippen molar-refractivity contribution >= 4 is 5.82 Å². The Hall–Kier alpha value is -2.66. The number of methoxy groups -OCH3 is 1. The van der Waals surface area contributed by atoms with Gasteiger partial charge >= 0.3 is 0 Å². The van der Waals surface area contributed by atoms with Gasteiger partial charge in [-0.15, -0.1) is 0 Å². The SMILES string of the molecule is COc1cc(C2CCNCC2)ccc1C1CC(Nc2ccc(C#N)cn2)NN1. The number of nitriles is 1. The number of pyridine rings is 1. The highest BCUT2D eigenvalue weighted by atomic mass is 16.5. The second-order valence-electron chi connectivity index (χ2n) is 7.34. The number of rotatable bonds is 5. The Kier molecular flexibility index (Phi) is 5.72. The summed E-state index contributed by atoms with van der Waals surface area (Å²) in [6, 6.07) is 12.5. The molecule has 1 aromatic heterocycles. The first-order valence-corrected chi connectivity index (χ1v) is 9.79. The molecule has 4 N–H and O–H groups in total. The zero-order valence-corrected chi connectivity index (χ0v) is 16.0. The van der Waals surface area contributed by atoms with Crippen molar-refractivity contribution in [3.63, 3.8) is 0 Å². The highest BCUT2D eigenvalue weighted by Gasteiger charge is 2.28. The van der Waals surface area contributed by atoms with E-state index in [9.17, 15) is 0 Å². The standard InChI is InChI=1S/C21H26N6O/c1-28-19-10-16(15-6-8-23-9-7-15)3-4-17(19)18-11-21(27-26-18)25-20-5-2-14(12-22)13-24-20/h2-5,10,13,15,18,21,23,26-27H,6-9,11H2,1H3,(H,24,25). The van der Waals surface area contributed by atoms with E-state index in [2.05, 4.69) is 50.7 Å². The molecule has 146 valence electrons. The summed E-state index contributed by atoms with van der Waals surface area (Å²) in [6.45, 7) is 2.17. The van der Waals surface area contributed by atoms with Crippen molar-refractivity contribution in [2.45, 2.75) is 37.4 Å². The number of benzene rings is 1. The lowest BCUT2D eigenvalue weighted by Crippen LogP contribution is -2.36. The molecule has 2 aromatic rings. The Labute approximate surface area is 165 Å². The number of aromatic nitrogens is 1. The fourth-order valence-electron chi connectivity index (χ4n) is 4.00. The second-order valence-corrected chi connectivity index (χ2v) is 7.34. The Morgan fingerprint density at radius 3 is 2.75 bits per heavy atom. The van der Waals surface area contributed by atoms with Crippen LogP contribution in [0, 0.1) is 11.3 Å². The molecule has 4 rings (SSSR count). The molecule has 0 radical (unpaired) electrons. The molecular weight excluding hydrogens is 352 g/mol. The summed E-state index contributed by atoms with van der Waals surface area (Å²) in [4.78, 5) is 4.28. The molecule has 2 unspecified atom stereocenters. The normalized spacial score (nSPS) is 22.6. The van der Waals surface area contributed by atoms with E-state index in [-0.39, 0.29) is 12.2 Å². The summed E-state index contributed by atoms with van der Waals surface area (Å²) in [5, 5.41) is 15.7. The summed E-state index contributed by atoms with van der Waals surface area (Å²) in [5.41, 5.74) is 9.72. The number of nitrogens with zero attached hydrogens (tertiary/aromatic N) is 2. The van der Waals surface area contributed by atoms with Crippen LogP contribution in [-0.2, 0) is 0 Å². The van der Waals surface area contributed by atoms with Gasteiger partial charge in [0.05, 0.1) is 24.9 Å². The third-order valence-electron chi connectivity index (χ3n) is 5.56. The molecule has 2 saturated heterocycles. The first-order chi connectivity index (χ1) is 13.8. The van der Waals surface area contributed by atoms with Crippen LogP contribution < -0.4 is 26.2 Å². The van der Waals surface area contributed by atoms with Gasteiger partial charge in [0.1, 0.15) is 17.6 Å². The molecule has 2 fully saturated rings. The van der Waals surface area contributed by atoms with E-state index in [0.29, 0.717) is 11.5 Å². The van der Waals surface area contributed by atoms with Gasteiger partial charge in [-0.3, -0.25) is 0 Å². The number of hydrazine groups is 1. The number of nitrogens with one attached hydrogen (secondary N) is 4. The predicted molar refractivity (Wildman–Crippen MR) is 108 cm³/mol. The summed E-state index contributed by atoms with van der Waals surface area (Å²) < 4.78 is 5.72. The zero-order chi connectivity index (χ0) is 19.3. The topological polar surface area (TPSA) is 94.0 Å². The lowest BCUT2D eigenvalue weighted by Gasteiger charge is -2.24. The van der Waals surface area contributed by atoms with Gasteiger partial charge in [0, 0.05) is 18.2 Å². The molecule has 3 heterocycles. The van der Waals surface area contributed by atoms with Crippen molar-refractivity contribution in [2.24, 2.45) is 0 Å². The molecule has 2 atom stereocenters. The third-order valence-corrected chi connectivity index (χ3v) is 5.56. The van der Waals surface area contributed by atoms with Crippen LogP contribution in [0.15, 0.2) is 36.5 Å². The number of hydrogen-bond donors (Lipinski definition) is 4. The van der Waals surface area contributed by atoms with Gasteiger partial charge in [-0.2, -0.15) is 5.26 Å². The molecule has 7 heteroatoms. The molecule has 7 nitrogen and oxygen atoms in total. The van der Waals surface area contributed by atoms with Gasteiger partial charge in [0.25, 0.3) is 0 Å². The minimum Gasteiger partial charge on any atom is -0.496 e. The van der Waals surface area contributed by atoms with Crippen LogP contribution in [0.1, 0.15) is 47.9 Å². The maximum atomic E-state index is 8.88. The average Bonchev–Trinajstić information content (AvgIpc) is 3.22. The molecule has 0 aliphatic carbocycles. The summed E-state index contributed by atoms with van der Waals surface area (Å²) >= 11 is 0. The minimum absolute atomic E-state index is 0.0410. The lowest BCUT2D eigenvalue weighted by molar-refractivity contribution is 0.399. The van der Waals surface area contributed by atoms with Gasteiger partial charge in [0.15, 0.2) is 0 Å². The highest BCUT2D eigenvalue weighted by Crippen LogP contribution is 2.35. The summed E-state index contributed by atoms with van der Waals surface area (Å²) in [7, 11) is 1.74. The average molecular weight is 378 g/mol. The van der Waals surface area contributed by atoms with Gasteiger partial charge in [-0.05, 0) is 55.6 Å². The Bertz CT molecular complexity index is 841. The van der Waals surface area contributed by atoms with Crippen molar-refractivity contribution in [1.29, 1.82) is 5.26 Å². The van der Waals surface area contributed by atoms with E-state index in [1.54, 1.807) is 19.4 Å². The summed E-state index contributed by atoms with van der Waals surface area (Å²) in [5.74, 6) is 2.29. The van der Waals surface area contributed by atoms with Crippen LogP contribution in [0.25, 0.3) is 0 Å². The first kappa shape index (κ1) is 18.7. The maximum absolute atomic E-state index is 8.88. The Balaban J connectivity index is 1.43. The van der Waals surface area contributed by atoms with Crippen LogP contribution in [0.4, 0.5) is 5.82 Å². The number of hydrogen-bond acceptors (Lipinski definition) is 7. The van der Waals surface area contributed by atoms with E-state index >= 15 is 0 Å². The van der Waals surface area contributed by atoms with Crippen molar-refractivity contribution < 1.29 is 4.74 Å². The van der Waals surface area contributed by atoms with Gasteiger partial charge < -0.3 is 15.4 Å². The van der Waals surface area contributed by atoms with Gasteiger partial charge in [0.2, 0.25) is 0 Å². The van der Waals surface area contributed by atoms with Crippen molar-refractivity contribution in [2.75, 3.05) is 25.5 Å². The highest BCUT2D eigenvalue weighted by molar-refractivity contribution is 5.43. The van der Waals surface area contributed by atoms with Crippen molar-refractivity contribution in [1.82, 2.24) is 21.2 Å². The smallest absolute Gasteiger partial charge is 0.127 e. The lowest BCUT2D eigenvalue weighted by atomic mass is 9.88. The molecular formula is C21H26N6O. The third kappa shape index (κ3) is 4.09. The Morgan fingerprint density at radius 1 is 1.18 bits per heavy atom. The first-order valence-electron chi connectivity index (χ1n) is 9.79. The predicted octanol–water partition coefficient (Wildman–Crippen LogP) is 2.41. The molecule has 2 aliphatic rings. The van der Waals surface area contributed by atoms with E-state index in [1.165, 1.54) is 18.4 Å². The van der Waals surface area contributed by atoms with Crippen LogP contribution in [0.2, 0.25) is 0 Å². The van der Waals surface area contributed by atoms with Crippen LogP contribution in [0.3, 0.4) is 0 Å². The van der Waals surface area contributed by atoms with Crippen LogP contribution in [-0.4, -0.2) is 31.3 Å². The number of anilines is 1. The molecule has 0 bridgehead atoms. The monoisotopic (exact) mass is 378 g/mol. The van der Waals surface area contributed by atoms with E-state index in [1.807, 2.05) is 6.07 Å². The molecule has 0 spiro atoms. The molecule has 0 saturated carbocycles. The second kappa shape index (κ2) is 8.57. The van der Waals surface area contributed by atoms with Crippen molar-refractivity contribution in [3.05, 3.63) is 53.2 Å². The van der Waals surface area contributed by atoms with E-state index in [0.717, 1.165) is 36.6 Å². The van der Waals surface area contributed by atoms with E-state index in [4.69, 9.17) is 10.00 Å². The van der Waals surface area contributed by atoms with Crippen LogP contribution in [0.5, 0.6) is 5.75 Å². The van der Waals surface area contributed by atoms with Crippen molar-refractivity contribution in [3.8, 4) is 11.8 Å². The molecule has 2 aliphatic heterocycles. The Morgan fingerprint density at radius 2 is 2.04 bits per heavy atom. The molecule has 0 amide bonds. The van der Waals surface area contributed by atoms with E-state index < -0.39 is 0 Å². The number of ether oxygens (including phenoxy) is 1. The van der Waals surface area contributed by atoms with Gasteiger partial charge in [-0.1, -0.05) is 12.1 Å². The largest absolute Gasteiger partial charge is 0.496 e. The summed E-state index contributed by atoms with van der Waals surface area (Å²) in [6.07, 6.45) is 4.82. The zero-order valence-electron chi connectivity index (χ0n) is 16.0. The van der Waals surface area contributed by atoms with Gasteiger partial charge in [-0.25, -0.2) is 15.8 Å². The maximum Gasteiger partial charge on any atom is 0.127 e. The molecule has 1 aromatic carbocycles. The van der Waals surface area contributed by atoms with Crippen LogP contribution >= 0.6 is 0 Å². The minimum atomic E-state index is 0.0410. The quantitative estimate of drug-likeness (QED) is 0.635. The molecule has 28 heavy (non-hydrogen) atoms.